The van der Waals surface area contributed by atoms with Gasteiger partial charge in [0.2, 0.25) is 11.9 Å². The Balaban J connectivity index is 1.50. The number of imidazole rings is 1. The van der Waals surface area contributed by atoms with Crippen LogP contribution >= 0.6 is 0 Å². The minimum atomic E-state index is 0.0461. The third kappa shape index (κ3) is 3.71. The van der Waals surface area contributed by atoms with Gasteiger partial charge in [-0.3, -0.25) is 9.69 Å². The monoisotopic (exact) mass is 313 g/mol. The summed E-state index contributed by atoms with van der Waals surface area (Å²) in [7, 11) is 2.00. The topological polar surface area (TPSA) is 53.4 Å². The molecule has 0 aliphatic carbocycles. The van der Waals surface area contributed by atoms with E-state index in [4.69, 9.17) is 0 Å². The normalized spacial score (nSPS) is 15.7. The lowest BCUT2D eigenvalue weighted by Gasteiger charge is -2.34. The van der Waals surface area contributed by atoms with Crippen molar-refractivity contribution in [2.75, 3.05) is 42.9 Å². The van der Waals surface area contributed by atoms with E-state index >= 15 is 0 Å². The molecule has 0 atom stereocenters. The van der Waals surface area contributed by atoms with Crippen LogP contribution in [0.5, 0.6) is 0 Å². The van der Waals surface area contributed by atoms with Gasteiger partial charge in [0.25, 0.3) is 0 Å². The summed E-state index contributed by atoms with van der Waals surface area (Å²) in [5, 5.41) is 2.99. The molecule has 1 aromatic carbocycles. The molecule has 6 heteroatoms. The van der Waals surface area contributed by atoms with Crippen LogP contribution in [0, 0.1) is 6.92 Å². The van der Waals surface area contributed by atoms with Gasteiger partial charge in [0.05, 0.1) is 6.54 Å². The first-order valence-electron chi connectivity index (χ1n) is 7.93. The molecule has 0 bridgehead atoms. The third-order valence-corrected chi connectivity index (χ3v) is 4.24. The Hall–Kier alpha value is -2.34. The maximum absolute atomic E-state index is 12.2. The number of rotatable bonds is 4. The van der Waals surface area contributed by atoms with Gasteiger partial charge >= 0.3 is 0 Å². The van der Waals surface area contributed by atoms with Gasteiger partial charge in [-0.15, -0.1) is 0 Å². The van der Waals surface area contributed by atoms with Crippen molar-refractivity contribution in [3.05, 3.63) is 42.2 Å². The van der Waals surface area contributed by atoms with Crippen molar-refractivity contribution >= 4 is 17.5 Å². The second kappa shape index (κ2) is 6.83. The Morgan fingerprint density at radius 1 is 1.22 bits per heavy atom. The van der Waals surface area contributed by atoms with E-state index in [1.54, 1.807) is 0 Å². The molecule has 1 aromatic heterocycles. The lowest BCUT2D eigenvalue weighted by Crippen LogP contribution is -2.49. The highest BCUT2D eigenvalue weighted by Crippen LogP contribution is 2.14. The summed E-state index contributed by atoms with van der Waals surface area (Å²) in [5.74, 6) is 1.04. The molecule has 1 fully saturated rings. The molecule has 2 aromatic rings. The number of benzene rings is 1. The number of anilines is 2. The number of carbonyl (C=O) groups is 1. The zero-order valence-electron chi connectivity index (χ0n) is 13.7. The smallest absolute Gasteiger partial charge is 0.238 e. The maximum Gasteiger partial charge on any atom is 0.238 e. The fourth-order valence-corrected chi connectivity index (χ4v) is 2.87. The van der Waals surface area contributed by atoms with Crippen molar-refractivity contribution in [1.82, 2.24) is 14.5 Å². The zero-order valence-corrected chi connectivity index (χ0v) is 13.7. The molecule has 1 N–H and O–H groups in total. The molecule has 2 heterocycles. The first-order chi connectivity index (χ1) is 11.1. The summed E-state index contributed by atoms with van der Waals surface area (Å²) >= 11 is 0. The molecule has 0 saturated carbocycles. The molecule has 0 spiro atoms. The van der Waals surface area contributed by atoms with Gasteiger partial charge in [-0.25, -0.2) is 4.98 Å². The van der Waals surface area contributed by atoms with Gasteiger partial charge in [0, 0.05) is 51.3 Å². The van der Waals surface area contributed by atoms with Crippen LogP contribution in [-0.4, -0.2) is 53.1 Å². The van der Waals surface area contributed by atoms with E-state index in [0.717, 1.165) is 43.4 Å². The van der Waals surface area contributed by atoms with Crippen LogP contribution in [0.1, 0.15) is 5.56 Å². The van der Waals surface area contributed by atoms with Crippen LogP contribution in [0.15, 0.2) is 36.7 Å². The lowest BCUT2D eigenvalue weighted by molar-refractivity contribution is -0.117. The molecule has 1 saturated heterocycles. The summed E-state index contributed by atoms with van der Waals surface area (Å²) in [6, 6.07) is 7.85. The van der Waals surface area contributed by atoms with Crippen LogP contribution in [0.25, 0.3) is 0 Å². The Bertz CT molecular complexity index is 673. The van der Waals surface area contributed by atoms with Gasteiger partial charge in [-0.05, 0) is 18.6 Å². The maximum atomic E-state index is 12.2. The van der Waals surface area contributed by atoms with Crippen molar-refractivity contribution in [2.24, 2.45) is 7.05 Å². The van der Waals surface area contributed by atoms with E-state index < -0.39 is 0 Å². The van der Waals surface area contributed by atoms with Crippen molar-refractivity contribution in [1.29, 1.82) is 0 Å². The molecule has 1 amide bonds. The van der Waals surface area contributed by atoms with Crippen molar-refractivity contribution in [2.45, 2.75) is 6.92 Å². The molecular formula is C17H23N5O. The average Bonchev–Trinajstić information content (AvgIpc) is 2.96. The Morgan fingerprint density at radius 2 is 1.96 bits per heavy atom. The van der Waals surface area contributed by atoms with Crippen LogP contribution in [-0.2, 0) is 11.8 Å². The summed E-state index contributed by atoms with van der Waals surface area (Å²) in [4.78, 5) is 21.0. The van der Waals surface area contributed by atoms with Gasteiger partial charge in [0.1, 0.15) is 0 Å². The molecule has 6 nitrogen and oxygen atoms in total. The van der Waals surface area contributed by atoms with Crippen LogP contribution in [0.4, 0.5) is 11.6 Å². The number of nitrogens with one attached hydrogen (secondary N) is 1. The van der Waals surface area contributed by atoms with Gasteiger partial charge in [-0.1, -0.05) is 18.2 Å². The van der Waals surface area contributed by atoms with E-state index in [9.17, 15) is 4.79 Å². The lowest BCUT2D eigenvalue weighted by atomic mass is 10.2. The highest BCUT2D eigenvalue weighted by Gasteiger charge is 2.21. The zero-order chi connectivity index (χ0) is 16.2. The number of nitrogens with zero attached hydrogens (tertiary/aromatic N) is 4. The average molecular weight is 313 g/mol. The van der Waals surface area contributed by atoms with E-state index in [2.05, 4.69) is 20.1 Å². The summed E-state index contributed by atoms with van der Waals surface area (Å²) in [6.45, 7) is 5.96. The number of aromatic nitrogens is 2. The number of aryl methyl sites for hydroxylation is 2. The minimum Gasteiger partial charge on any atom is -0.340 e. The van der Waals surface area contributed by atoms with Crippen molar-refractivity contribution in [3.63, 3.8) is 0 Å². The summed E-state index contributed by atoms with van der Waals surface area (Å²) in [6.07, 6.45) is 3.77. The largest absolute Gasteiger partial charge is 0.340 e. The molecule has 1 aliphatic heterocycles. The third-order valence-electron chi connectivity index (χ3n) is 4.24. The summed E-state index contributed by atoms with van der Waals surface area (Å²) < 4.78 is 2.03. The van der Waals surface area contributed by atoms with E-state index in [0.29, 0.717) is 6.54 Å². The fourth-order valence-electron chi connectivity index (χ4n) is 2.87. The molecule has 23 heavy (non-hydrogen) atoms. The number of piperazine rings is 1. The first-order valence-corrected chi connectivity index (χ1v) is 7.93. The van der Waals surface area contributed by atoms with Crippen LogP contribution in [0.3, 0.4) is 0 Å². The number of para-hydroxylation sites is 1. The molecule has 1 aliphatic rings. The van der Waals surface area contributed by atoms with Crippen LogP contribution in [0.2, 0.25) is 0 Å². The second-order valence-electron chi connectivity index (χ2n) is 5.96. The number of amides is 1. The van der Waals surface area contributed by atoms with Crippen molar-refractivity contribution < 1.29 is 4.79 Å². The minimum absolute atomic E-state index is 0.0461. The van der Waals surface area contributed by atoms with E-state index in [1.807, 2.05) is 55.2 Å². The van der Waals surface area contributed by atoms with Crippen molar-refractivity contribution in [3.8, 4) is 0 Å². The quantitative estimate of drug-likeness (QED) is 0.929. The molecular weight excluding hydrogens is 290 g/mol. The Labute approximate surface area is 136 Å². The highest BCUT2D eigenvalue weighted by molar-refractivity contribution is 5.92. The van der Waals surface area contributed by atoms with Gasteiger partial charge < -0.3 is 14.8 Å². The molecule has 0 radical (unpaired) electrons. The Morgan fingerprint density at radius 3 is 2.61 bits per heavy atom. The van der Waals surface area contributed by atoms with Gasteiger partial charge in [0.15, 0.2) is 0 Å². The fraction of sp³-hybridized carbons (Fsp3) is 0.412. The molecule has 122 valence electrons. The standard InChI is InChI=1S/C17H23N5O/c1-14-5-3-4-6-15(14)19-16(23)13-21-9-11-22(12-10-21)17-18-7-8-20(17)2/h3-8H,9-13H2,1-2H3,(H,19,23). The molecule has 0 unspecified atom stereocenters. The molecule has 3 rings (SSSR count). The SMILES string of the molecule is Cc1ccccc1NC(=O)CN1CCN(c2nccn2C)CC1. The number of carbonyl (C=O) groups excluding carboxylic acids is 1. The second-order valence-corrected chi connectivity index (χ2v) is 5.96. The van der Waals surface area contributed by atoms with E-state index in [1.165, 1.54) is 0 Å². The van der Waals surface area contributed by atoms with Gasteiger partial charge in [-0.2, -0.15) is 0 Å². The predicted molar refractivity (Wildman–Crippen MR) is 91.7 cm³/mol. The first kappa shape index (κ1) is 15.6. The Kier molecular flexibility index (Phi) is 4.62. The van der Waals surface area contributed by atoms with E-state index in [-0.39, 0.29) is 5.91 Å². The highest BCUT2D eigenvalue weighted by atomic mass is 16.2. The summed E-state index contributed by atoms with van der Waals surface area (Å²) in [5.41, 5.74) is 1.98. The predicted octanol–water partition coefficient (Wildman–Crippen LogP) is 1.49. The van der Waals surface area contributed by atoms with Crippen LogP contribution < -0.4 is 10.2 Å². The number of hydrogen-bond donors (Lipinski definition) is 1. The number of hydrogen-bond acceptors (Lipinski definition) is 4.